The molecule has 0 aromatic heterocycles. The molecule has 2 heteroatoms. The predicted octanol–water partition coefficient (Wildman–Crippen LogP) is 6.10. The number of aryl methyl sites for hydroxylation is 2. The van der Waals surface area contributed by atoms with E-state index in [0.29, 0.717) is 0 Å². The molecular weight excluding hydrogens is 356 g/mol. The first-order chi connectivity index (χ1) is 14.0. The highest BCUT2D eigenvalue weighted by molar-refractivity contribution is 5.66. The van der Waals surface area contributed by atoms with Crippen LogP contribution in [0, 0.1) is 13.8 Å². The summed E-state index contributed by atoms with van der Waals surface area (Å²) in [5, 5.41) is 22.1. The normalized spacial score (nSPS) is 11.4. The van der Waals surface area contributed by atoms with Crippen LogP contribution in [0.4, 0.5) is 0 Å². The molecule has 29 heavy (non-hydrogen) atoms. The molecule has 0 unspecified atom stereocenters. The Balaban J connectivity index is 2.20. The summed E-state index contributed by atoms with van der Waals surface area (Å²) >= 11 is 0. The lowest BCUT2D eigenvalue weighted by molar-refractivity contribution is 0.446. The van der Waals surface area contributed by atoms with Gasteiger partial charge in [-0.05, 0) is 48.2 Å². The van der Waals surface area contributed by atoms with Crippen molar-refractivity contribution in [2.45, 2.75) is 19.3 Å². The highest BCUT2D eigenvalue weighted by atomic mass is 16.3. The van der Waals surface area contributed by atoms with E-state index in [1.165, 1.54) is 0 Å². The molecule has 0 atom stereocenters. The van der Waals surface area contributed by atoms with Crippen LogP contribution in [0.2, 0.25) is 0 Å². The molecule has 144 valence electrons. The first-order valence-electron chi connectivity index (χ1n) is 9.74. The standard InChI is InChI=1S/C27H24O2/c1-19-13-15-23(25(28)17-19)27(21-9-5-3-6-10-21,22-11-7-4-8-12-22)24-16-14-20(2)18-26(24)29/h3-18,28-29H,1-2H3. The van der Waals surface area contributed by atoms with Gasteiger partial charge in [0.05, 0.1) is 5.41 Å². The van der Waals surface area contributed by atoms with E-state index < -0.39 is 5.41 Å². The number of benzene rings is 4. The molecule has 0 aliphatic rings. The molecule has 0 spiro atoms. The fourth-order valence-corrected chi connectivity index (χ4v) is 4.23. The van der Waals surface area contributed by atoms with E-state index in [4.69, 9.17) is 0 Å². The third kappa shape index (κ3) is 3.17. The van der Waals surface area contributed by atoms with Gasteiger partial charge in [-0.25, -0.2) is 0 Å². The van der Waals surface area contributed by atoms with Gasteiger partial charge in [0, 0.05) is 11.1 Å². The maximum absolute atomic E-state index is 11.1. The van der Waals surface area contributed by atoms with Crippen LogP contribution in [0.15, 0.2) is 97.1 Å². The minimum absolute atomic E-state index is 0.206. The number of phenols is 2. The van der Waals surface area contributed by atoms with Crippen LogP contribution in [0.3, 0.4) is 0 Å². The molecule has 2 N–H and O–H groups in total. The molecule has 0 bridgehead atoms. The summed E-state index contributed by atoms with van der Waals surface area (Å²) in [6.07, 6.45) is 0. The maximum atomic E-state index is 11.1. The molecule has 0 radical (unpaired) electrons. The van der Waals surface area contributed by atoms with Gasteiger partial charge in [-0.1, -0.05) is 84.9 Å². The Morgan fingerprint density at radius 2 is 0.897 bits per heavy atom. The number of rotatable bonds is 4. The lowest BCUT2D eigenvalue weighted by Crippen LogP contribution is -2.31. The van der Waals surface area contributed by atoms with Crippen LogP contribution in [0.25, 0.3) is 0 Å². The van der Waals surface area contributed by atoms with Crippen LogP contribution in [0.5, 0.6) is 11.5 Å². The van der Waals surface area contributed by atoms with Crippen molar-refractivity contribution in [3.05, 3.63) is 130 Å². The lowest BCUT2D eigenvalue weighted by atomic mass is 9.64. The second kappa shape index (κ2) is 7.48. The Labute approximate surface area is 171 Å². The molecule has 4 aromatic rings. The number of hydrogen-bond donors (Lipinski definition) is 2. The smallest absolute Gasteiger partial charge is 0.120 e. The van der Waals surface area contributed by atoms with E-state index in [0.717, 1.165) is 33.4 Å². The zero-order valence-corrected chi connectivity index (χ0v) is 16.6. The largest absolute Gasteiger partial charge is 0.508 e. The Bertz CT molecular complexity index is 1040. The summed E-state index contributed by atoms with van der Waals surface area (Å²) in [7, 11) is 0. The summed E-state index contributed by atoms with van der Waals surface area (Å²) in [5.41, 5.74) is 4.52. The third-order valence-electron chi connectivity index (χ3n) is 5.53. The van der Waals surface area contributed by atoms with E-state index in [1.807, 2.05) is 98.8 Å². The van der Waals surface area contributed by atoms with Crippen molar-refractivity contribution in [2.75, 3.05) is 0 Å². The summed E-state index contributed by atoms with van der Waals surface area (Å²) in [6, 6.07) is 31.6. The molecule has 0 saturated carbocycles. The molecule has 0 heterocycles. The van der Waals surface area contributed by atoms with Gasteiger partial charge in [0.15, 0.2) is 0 Å². The van der Waals surface area contributed by atoms with Crippen molar-refractivity contribution in [1.82, 2.24) is 0 Å². The minimum atomic E-state index is -0.863. The van der Waals surface area contributed by atoms with E-state index in [2.05, 4.69) is 0 Å². The Hall–Kier alpha value is -3.52. The van der Waals surface area contributed by atoms with Gasteiger partial charge in [0.1, 0.15) is 11.5 Å². The van der Waals surface area contributed by atoms with Crippen LogP contribution >= 0.6 is 0 Å². The van der Waals surface area contributed by atoms with Crippen LogP contribution in [0.1, 0.15) is 33.4 Å². The fourth-order valence-electron chi connectivity index (χ4n) is 4.23. The van der Waals surface area contributed by atoms with Crippen LogP contribution < -0.4 is 0 Å². The van der Waals surface area contributed by atoms with Gasteiger partial charge < -0.3 is 10.2 Å². The van der Waals surface area contributed by atoms with Crippen molar-refractivity contribution in [2.24, 2.45) is 0 Å². The van der Waals surface area contributed by atoms with E-state index in [-0.39, 0.29) is 11.5 Å². The van der Waals surface area contributed by atoms with Crippen molar-refractivity contribution >= 4 is 0 Å². The molecule has 0 aliphatic heterocycles. The monoisotopic (exact) mass is 380 g/mol. The minimum Gasteiger partial charge on any atom is -0.508 e. The van der Waals surface area contributed by atoms with Crippen molar-refractivity contribution in [3.8, 4) is 11.5 Å². The topological polar surface area (TPSA) is 40.5 Å². The first-order valence-corrected chi connectivity index (χ1v) is 9.74. The highest BCUT2D eigenvalue weighted by Crippen LogP contribution is 2.50. The summed E-state index contributed by atoms with van der Waals surface area (Å²) in [6.45, 7) is 3.92. The third-order valence-corrected chi connectivity index (χ3v) is 5.53. The van der Waals surface area contributed by atoms with Gasteiger partial charge >= 0.3 is 0 Å². The van der Waals surface area contributed by atoms with E-state index in [1.54, 1.807) is 12.1 Å². The van der Waals surface area contributed by atoms with Gasteiger partial charge in [-0.3, -0.25) is 0 Å². The Morgan fingerprint density at radius 3 is 1.24 bits per heavy atom. The van der Waals surface area contributed by atoms with Crippen LogP contribution in [-0.2, 0) is 5.41 Å². The van der Waals surface area contributed by atoms with Crippen molar-refractivity contribution < 1.29 is 10.2 Å². The first kappa shape index (κ1) is 18.8. The summed E-state index contributed by atoms with van der Waals surface area (Å²) < 4.78 is 0. The second-order valence-electron chi connectivity index (χ2n) is 7.52. The average Bonchev–Trinajstić information content (AvgIpc) is 2.72. The Kier molecular flexibility index (Phi) is 4.85. The van der Waals surface area contributed by atoms with Gasteiger partial charge in [-0.2, -0.15) is 0 Å². The van der Waals surface area contributed by atoms with Gasteiger partial charge in [0.2, 0.25) is 0 Å². The highest BCUT2D eigenvalue weighted by Gasteiger charge is 2.42. The zero-order valence-electron chi connectivity index (χ0n) is 16.6. The molecule has 4 rings (SSSR count). The SMILES string of the molecule is Cc1ccc(C(c2ccccc2)(c2ccccc2)c2ccc(C)cc2O)c(O)c1. The lowest BCUT2D eigenvalue weighted by Gasteiger charge is -2.37. The summed E-state index contributed by atoms with van der Waals surface area (Å²) in [5.74, 6) is 0.412. The average molecular weight is 380 g/mol. The predicted molar refractivity (Wildman–Crippen MR) is 118 cm³/mol. The Morgan fingerprint density at radius 1 is 0.517 bits per heavy atom. The number of phenolic OH excluding ortho intramolecular Hbond substituents is 2. The van der Waals surface area contributed by atoms with Gasteiger partial charge in [-0.15, -0.1) is 0 Å². The fraction of sp³-hybridized carbons (Fsp3) is 0.111. The molecule has 4 aromatic carbocycles. The maximum Gasteiger partial charge on any atom is 0.120 e. The molecular formula is C27H24O2. The molecule has 0 amide bonds. The molecule has 0 saturated heterocycles. The number of aromatic hydroxyl groups is 2. The van der Waals surface area contributed by atoms with E-state index >= 15 is 0 Å². The van der Waals surface area contributed by atoms with E-state index in [9.17, 15) is 10.2 Å². The zero-order chi connectivity index (χ0) is 20.4. The van der Waals surface area contributed by atoms with Gasteiger partial charge in [0.25, 0.3) is 0 Å². The van der Waals surface area contributed by atoms with Crippen molar-refractivity contribution in [1.29, 1.82) is 0 Å². The molecule has 2 nitrogen and oxygen atoms in total. The molecule has 0 fully saturated rings. The van der Waals surface area contributed by atoms with Crippen LogP contribution in [-0.4, -0.2) is 10.2 Å². The molecule has 0 aliphatic carbocycles. The van der Waals surface area contributed by atoms with Crippen molar-refractivity contribution in [3.63, 3.8) is 0 Å². The summed E-state index contributed by atoms with van der Waals surface area (Å²) in [4.78, 5) is 0. The second-order valence-corrected chi connectivity index (χ2v) is 7.52. The quantitative estimate of drug-likeness (QED) is 0.420. The number of hydrogen-bond acceptors (Lipinski definition) is 2.